The first-order chi connectivity index (χ1) is 15.1. The third-order valence-corrected chi connectivity index (χ3v) is 5.50. The molecule has 3 heterocycles. The highest BCUT2D eigenvalue weighted by molar-refractivity contribution is 6.12. The molecule has 0 amide bonds. The maximum atomic E-state index is 13.3. The number of piperazine rings is 1. The molecule has 0 bridgehead atoms. The molecule has 0 spiro atoms. The Kier molecular flexibility index (Phi) is 6.09. The van der Waals surface area contributed by atoms with Crippen molar-refractivity contribution in [1.29, 1.82) is 0 Å². The van der Waals surface area contributed by atoms with Crippen molar-refractivity contribution in [2.24, 2.45) is 0 Å². The number of hydrogen-bond donors (Lipinski definition) is 2. The molecule has 6 heteroatoms. The first-order valence-corrected chi connectivity index (χ1v) is 10.5. The van der Waals surface area contributed by atoms with Crippen molar-refractivity contribution >= 4 is 23.5 Å². The minimum absolute atomic E-state index is 0.207. The van der Waals surface area contributed by atoms with Crippen LogP contribution in [0.3, 0.4) is 0 Å². The molecule has 1 aliphatic heterocycles. The lowest BCUT2D eigenvalue weighted by molar-refractivity contribution is 0.103. The lowest BCUT2D eigenvalue weighted by Crippen LogP contribution is -2.46. The fourth-order valence-electron chi connectivity index (χ4n) is 3.94. The molecular formula is C25H27N5O. The number of pyridine rings is 2. The van der Waals surface area contributed by atoms with E-state index in [1.807, 2.05) is 31.2 Å². The summed E-state index contributed by atoms with van der Waals surface area (Å²) in [7, 11) is 0. The zero-order valence-electron chi connectivity index (χ0n) is 17.9. The average molecular weight is 414 g/mol. The van der Waals surface area contributed by atoms with Gasteiger partial charge in [-0.3, -0.25) is 4.79 Å². The first-order valence-electron chi connectivity index (χ1n) is 10.5. The minimum atomic E-state index is -0.217. The van der Waals surface area contributed by atoms with Gasteiger partial charge in [-0.1, -0.05) is 42.0 Å². The number of nitrogens with zero attached hydrogens (tertiary/aromatic N) is 3. The van der Waals surface area contributed by atoms with Gasteiger partial charge >= 0.3 is 0 Å². The smallest absolute Gasteiger partial charge is 0.215 e. The van der Waals surface area contributed by atoms with Crippen molar-refractivity contribution in [3.05, 3.63) is 88.8 Å². The van der Waals surface area contributed by atoms with Crippen LogP contribution >= 0.6 is 0 Å². The summed E-state index contributed by atoms with van der Waals surface area (Å²) in [4.78, 5) is 24.4. The van der Waals surface area contributed by atoms with Crippen molar-refractivity contribution in [3.63, 3.8) is 0 Å². The van der Waals surface area contributed by atoms with Crippen LogP contribution in [-0.2, 0) is 0 Å². The third kappa shape index (κ3) is 4.49. The van der Waals surface area contributed by atoms with Crippen LogP contribution in [0.1, 0.15) is 45.7 Å². The van der Waals surface area contributed by atoms with E-state index in [0.717, 1.165) is 31.0 Å². The number of hydrogen-bond acceptors (Lipinski definition) is 6. The number of nitrogens with one attached hydrogen (secondary N) is 1. The predicted molar refractivity (Wildman–Crippen MR) is 125 cm³/mol. The molecule has 6 nitrogen and oxygen atoms in total. The van der Waals surface area contributed by atoms with Crippen molar-refractivity contribution in [1.82, 2.24) is 15.3 Å². The quantitative estimate of drug-likeness (QED) is 0.619. The largest absolute Gasteiger partial charge is 0.383 e. The summed E-state index contributed by atoms with van der Waals surface area (Å²) in [5.74, 6) is 0.789. The van der Waals surface area contributed by atoms with Gasteiger partial charge in [0.2, 0.25) is 5.78 Å². The van der Waals surface area contributed by atoms with Crippen LogP contribution in [0.25, 0.3) is 6.08 Å². The van der Waals surface area contributed by atoms with E-state index in [2.05, 4.69) is 46.4 Å². The summed E-state index contributed by atoms with van der Waals surface area (Å²) in [6.45, 7) is 6.47. The molecule has 1 unspecified atom stereocenters. The normalized spacial score (nSPS) is 16.6. The number of nitrogen functional groups attached to an aromatic ring is 1. The Hall–Kier alpha value is -3.51. The Labute approximate surface area is 182 Å². The number of aromatic nitrogens is 2. The zero-order chi connectivity index (χ0) is 21.8. The van der Waals surface area contributed by atoms with Gasteiger partial charge in [-0.25, -0.2) is 9.97 Å². The lowest BCUT2D eigenvalue weighted by atomic mass is 10.0. The lowest BCUT2D eigenvalue weighted by Gasteiger charge is -2.35. The first kappa shape index (κ1) is 20.8. The zero-order valence-corrected chi connectivity index (χ0v) is 17.9. The highest BCUT2D eigenvalue weighted by Gasteiger charge is 2.24. The van der Waals surface area contributed by atoms with Crippen molar-refractivity contribution in [2.75, 3.05) is 30.3 Å². The number of benzene rings is 1. The second kappa shape index (κ2) is 9.10. The number of carbonyl (C=O) groups excluding carboxylic acids is 1. The third-order valence-electron chi connectivity index (χ3n) is 5.50. The summed E-state index contributed by atoms with van der Waals surface area (Å²) < 4.78 is 0. The van der Waals surface area contributed by atoms with Crippen LogP contribution in [0, 0.1) is 6.92 Å². The SMILES string of the molecule is C/C=C/c1ccc(N2CCNC(c3cccc(C)c3)C2)nc1C(=O)c1cccnc1N. The van der Waals surface area contributed by atoms with Crippen molar-refractivity contribution < 1.29 is 4.79 Å². The summed E-state index contributed by atoms with van der Waals surface area (Å²) >= 11 is 0. The van der Waals surface area contributed by atoms with Crippen LogP contribution in [-0.4, -0.2) is 35.4 Å². The second-order valence-corrected chi connectivity index (χ2v) is 7.74. The molecule has 1 aromatic carbocycles. The monoisotopic (exact) mass is 413 g/mol. The number of allylic oxidation sites excluding steroid dienone is 1. The van der Waals surface area contributed by atoms with E-state index in [1.54, 1.807) is 18.3 Å². The second-order valence-electron chi connectivity index (χ2n) is 7.74. The van der Waals surface area contributed by atoms with Gasteiger partial charge in [0.05, 0.1) is 5.56 Å². The topological polar surface area (TPSA) is 84.1 Å². The standard InChI is InChI=1S/C25H27N5O/c1-3-6-18-10-11-22(29-23(18)24(31)20-9-5-12-28-25(20)26)30-14-13-27-21(16-30)19-8-4-7-17(2)15-19/h3-12,15,21,27H,13-14,16H2,1-2H3,(H2,26,28)/b6-3+. The minimum Gasteiger partial charge on any atom is -0.383 e. The molecule has 3 aromatic rings. The Bertz CT molecular complexity index is 1120. The molecule has 1 saturated heterocycles. The molecule has 1 atom stereocenters. The van der Waals surface area contributed by atoms with Gasteiger partial charge in [-0.15, -0.1) is 0 Å². The van der Waals surface area contributed by atoms with Crippen LogP contribution in [0.4, 0.5) is 11.6 Å². The molecule has 1 fully saturated rings. The van der Waals surface area contributed by atoms with Gasteiger partial charge in [-0.05, 0) is 43.7 Å². The molecular weight excluding hydrogens is 386 g/mol. The highest BCUT2D eigenvalue weighted by atomic mass is 16.1. The van der Waals surface area contributed by atoms with E-state index in [0.29, 0.717) is 11.3 Å². The van der Waals surface area contributed by atoms with E-state index in [1.165, 1.54) is 11.1 Å². The van der Waals surface area contributed by atoms with E-state index in [4.69, 9.17) is 10.7 Å². The molecule has 0 saturated carbocycles. The maximum Gasteiger partial charge on any atom is 0.215 e. The fourth-order valence-corrected chi connectivity index (χ4v) is 3.94. The van der Waals surface area contributed by atoms with Crippen LogP contribution < -0.4 is 16.0 Å². The highest BCUT2D eigenvalue weighted by Crippen LogP contribution is 2.25. The number of carbonyl (C=O) groups is 1. The number of rotatable bonds is 5. The van der Waals surface area contributed by atoms with Gasteiger partial charge < -0.3 is 16.0 Å². The summed E-state index contributed by atoms with van der Waals surface area (Å²) in [6.07, 6.45) is 5.37. The molecule has 1 aliphatic rings. The maximum absolute atomic E-state index is 13.3. The molecule has 0 radical (unpaired) electrons. The summed E-state index contributed by atoms with van der Waals surface area (Å²) in [5, 5.41) is 3.59. The number of anilines is 2. The number of aryl methyl sites for hydroxylation is 1. The van der Waals surface area contributed by atoms with Crippen LogP contribution in [0.2, 0.25) is 0 Å². The molecule has 4 rings (SSSR count). The van der Waals surface area contributed by atoms with E-state index < -0.39 is 0 Å². The van der Waals surface area contributed by atoms with E-state index in [9.17, 15) is 4.79 Å². The van der Waals surface area contributed by atoms with Crippen LogP contribution in [0.15, 0.2) is 60.8 Å². The molecule has 2 aromatic heterocycles. The molecule has 31 heavy (non-hydrogen) atoms. The van der Waals surface area contributed by atoms with Gasteiger partial charge in [0.1, 0.15) is 17.3 Å². The predicted octanol–water partition coefficient (Wildman–Crippen LogP) is 3.78. The van der Waals surface area contributed by atoms with Gasteiger partial charge in [0.25, 0.3) is 0 Å². The number of nitrogens with two attached hydrogens (primary N) is 1. The summed E-state index contributed by atoms with van der Waals surface area (Å²) in [6, 6.07) is 16.1. The van der Waals surface area contributed by atoms with Crippen LogP contribution in [0.5, 0.6) is 0 Å². The van der Waals surface area contributed by atoms with Gasteiger partial charge in [0.15, 0.2) is 0 Å². The average Bonchev–Trinajstić information content (AvgIpc) is 2.79. The number of ketones is 1. The molecule has 0 aliphatic carbocycles. The van der Waals surface area contributed by atoms with Crippen molar-refractivity contribution in [2.45, 2.75) is 19.9 Å². The van der Waals surface area contributed by atoms with Crippen molar-refractivity contribution in [3.8, 4) is 0 Å². The Morgan fingerprint density at radius 3 is 2.87 bits per heavy atom. The summed E-state index contributed by atoms with van der Waals surface area (Å²) in [5.41, 5.74) is 9.99. The van der Waals surface area contributed by atoms with E-state index in [-0.39, 0.29) is 17.6 Å². The van der Waals surface area contributed by atoms with E-state index >= 15 is 0 Å². The van der Waals surface area contributed by atoms with Gasteiger partial charge in [0, 0.05) is 37.4 Å². The fraction of sp³-hybridized carbons (Fsp3) is 0.240. The Balaban J connectivity index is 1.67. The van der Waals surface area contributed by atoms with Gasteiger partial charge in [-0.2, -0.15) is 0 Å². The Morgan fingerprint density at radius 2 is 2.10 bits per heavy atom. The Morgan fingerprint density at radius 1 is 1.23 bits per heavy atom. The molecule has 3 N–H and O–H groups in total. The molecule has 158 valence electrons.